The molecule has 0 unspecified atom stereocenters. The number of hydrogen-bond acceptors (Lipinski definition) is 4. The molecule has 2 saturated heterocycles. The van der Waals surface area contributed by atoms with Gasteiger partial charge in [-0.25, -0.2) is 0 Å². The van der Waals surface area contributed by atoms with E-state index in [0.717, 1.165) is 57.7 Å². The van der Waals surface area contributed by atoms with E-state index in [-0.39, 0.29) is 17.8 Å². The van der Waals surface area contributed by atoms with Gasteiger partial charge in [-0.2, -0.15) is 0 Å². The van der Waals surface area contributed by atoms with Gasteiger partial charge in [-0.15, -0.1) is 0 Å². The van der Waals surface area contributed by atoms with E-state index in [1.54, 1.807) is 0 Å². The summed E-state index contributed by atoms with van der Waals surface area (Å²) in [6.45, 7) is 7.78. The Labute approximate surface area is 139 Å². The molecule has 0 radical (unpaired) electrons. The van der Waals surface area contributed by atoms with Crippen LogP contribution in [-0.4, -0.2) is 47.5 Å². The van der Waals surface area contributed by atoms with Crippen LogP contribution in [0, 0.1) is 0 Å². The van der Waals surface area contributed by atoms with Gasteiger partial charge in [0.2, 0.25) is 0 Å². The van der Waals surface area contributed by atoms with Crippen molar-refractivity contribution in [3.8, 4) is 5.75 Å². The molecule has 4 nitrogen and oxygen atoms in total. The fourth-order valence-electron chi connectivity index (χ4n) is 3.73. The minimum Gasteiger partial charge on any atom is -0.491 e. The Bertz CT molecular complexity index is 509. The third-order valence-electron chi connectivity index (χ3n) is 5.00. The lowest BCUT2D eigenvalue weighted by molar-refractivity contribution is -0.177. The topological polar surface area (TPSA) is 41.9 Å². The van der Waals surface area contributed by atoms with Crippen molar-refractivity contribution in [2.75, 3.05) is 19.7 Å². The van der Waals surface area contributed by atoms with Gasteiger partial charge in [0.1, 0.15) is 5.75 Å². The molecule has 2 aliphatic heterocycles. The zero-order valence-corrected chi connectivity index (χ0v) is 14.3. The number of nitrogens with zero attached hydrogens (tertiary/aromatic N) is 1. The van der Waals surface area contributed by atoms with Crippen LogP contribution in [0.2, 0.25) is 0 Å². The predicted octanol–water partition coefficient (Wildman–Crippen LogP) is 2.98. The Morgan fingerprint density at radius 2 is 2.13 bits per heavy atom. The second-order valence-electron chi connectivity index (χ2n) is 7.16. The number of ether oxygens (including phenoxy) is 2. The number of aliphatic hydroxyl groups is 1. The summed E-state index contributed by atoms with van der Waals surface area (Å²) in [5.74, 6) is 0.942. The number of rotatable bonds is 4. The molecule has 1 atom stereocenters. The average Bonchev–Trinajstić information content (AvgIpc) is 2.52. The van der Waals surface area contributed by atoms with Gasteiger partial charge in [0.05, 0.1) is 17.8 Å². The van der Waals surface area contributed by atoms with E-state index in [1.165, 1.54) is 5.56 Å². The third-order valence-corrected chi connectivity index (χ3v) is 5.00. The molecule has 2 heterocycles. The smallest absolute Gasteiger partial charge is 0.120 e. The quantitative estimate of drug-likeness (QED) is 0.926. The highest BCUT2D eigenvalue weighted by molar-refractivity contribution is 5.28. The van der Waals surface area contributed by atoms with E-state index in [9.17, 15) is 5.11 Å². The van der Waals surface area contributed by atoms with E-state index in [2.05, 4.69) is 23.1 Å². The Morgan fingerprint density at radius 3 is 2.83 bits per heavy atom. The minimum absolute atomic E-state index is 0.199. The molecule has 1 aromatic rings. The Hall–Kier alpha value is -1.10. The van der Waals surface area contributed by atoms with Crippen molar-refractivity contribution in [3.63, 3.8) is 0 Å². The standard InChI is InChI=1S/C19H29NO3/c1-15(2)23-17-6-3-5-16(13-17)14-20-10-8-19(9-11-20)18(21)7-4-12-22-19/h3,5-6,13,15,18,21H,4,7-12,14H2,1-2H3/t18-/m1/s1. The molecule has 1 spiro atoms. The van der Waals surface area contributed by atoms with Crippen LogP contribution >= 0.6 is 0 Å². The summed E-state index contributed by atoms with van der Waals surface area (Å²) in [5, 5.41) is 10.3. The lowest BCUT2D eigenvalue weighted by Gasteiger charge is -2.46. The molecular weight excluding hydrogens is 290 g/mol. The highest BCUT2D eigenvalue weighted by atomic mass is 16.5. The first kappa shape index (κ1) is 16.7. The van der Waals surface area contributed by atoms with Crippen LogP contribution in [0.15, 0.2) is 24.3 Å². The van der Waals surface area contributed by atoms with Gasteiger partial charge in [-0.05, 0) is 57.2 Å². The number of hydrogen-bond donors (Lipinski definition) is 1. The Balaban J connectivity index is 1.56. The van der Waals surface area contributed by atoms with Crippen molar-refractivity contribution in [1.29, 1.82) is 0 Å². The second-order valence-corrected chi connectivity index (χ2v) is 7.16. The molecule has 2 aliphatic rings. The monoisotopic (exact) mass is 319 g/mol. The summed E-state index contributed by atoms with van der Waals surface area (Å²) in [7, 11) is 0. The highest BCUT2D eigenvalue weighted by Gasteiger charge is 2.43. The van der Waals surface area contributed by atoms with Crippen LogP contribution in [0.25, 0.3) is 0 Å². The SMILES string of the molecule is CC(C)Oc1cccc(CN2CCC3(CC2)OCCC[C@H]3O)c1. The van der Waals surface area contributed by atoms with Crippen molar-refractivity contribution in [2.24, 2.45) is 0 Å². The molecular formula is C19H29NO3. The molecule has 0 bridgehead atoms. The van der Waals surface area contributed by atoms with E-state index in [0.29, 0.717) is 0 Å². The lowest BCUT2D eigenvalue weighted by atomic mass is 9.82. The van der Waals surface area contributed by atoms with Gasteiger partial charge in [0, 0.05) is 26.2 Å². The normalized spacial score (nSPS) is 25.0. The molecule has 128 valence electrons. The lowest BCUT2D eigenvalue weighted by Crippen LogP contribution is -2.55. The predicted molar refractivity (Wildman–Crippen MR) is 90.6 cm³/mol. The van der Waals surface area contributed by atoms with E-state index < -0.39 is 0 Å². The molecule has 0 aromatic heterocycles. The van der Waals surface area contributed by atoms with Crippen molar-refractivity contribution in [2.45, 2.75) is 63.9 Å². The molecule has 23 heavy (non-hydrogen) atoms. The first-order valence-corrected chi connectivity index (χ1v) is 8.87. The maximum Gasteiger partial charge on any atom is 0.120 e. The highest BCUT2D eigenvalue weighted by Crippen LogP contribution is 2.35. The number of aliphatic hydroxyl groups excluding tert-OH is 1. The molecule has 3 rings (SSSR count). The number of benzene rings is 1. The maximum atomic E-state index is 10.3. The van der Waals surface area contributed by atoms with Crippen LogP contribution in [-0.2, 0) is 11.3 Å². The van der Waals surface area contributed by atoms with E-state index in [1.807, 2.05) is 19.9 Å². The van der Waals surface area contributed by atoms with Gasteiger partial charge in [-0.1, -0.05) is 12.1 Å². The van der Waals surface area contributed by atoms with Crippen molar-refractivity contribution in [3.05, 3.63) is 29.8 Å². The third kappa shape index (κ3) is 4.06. The molecule has 1 N–H and O–H groups in total. The van der Waals surface area contributed by atoms with E-state index in [4.69, 9.17) is 9.47 Å². The van der Waals surface area contributed by atoms with E-state index >= 15 is 0 Å². The van der Waals surface area contributed by atoms with Crippen molar-refractivity contribution in [1.82, 2.24) is 4.90 Å². The zero-order valence-electron chi connectivity index (χ0n) is 14.3. The van der Waals surface area contributed by atoms with Gasteiger partial charge < -0.3 is 14.6 Å². The molecule has 4 heteroatoms. The van der Waals surface area contributed by atoms with Crippen LogP contribution < -0.4 is 4.74 Å². The first-order chi connectivity index (χ1) is 11.1. The van der Waals surface area contributed by atoms with Crippen LogP contribution in [0.1, 0.15) is 45.1 Å². The average molecular weight is 319 g/mol. The molecule has 1 aromatic carbocycles. The van der Waals surface area contributed by atoms with Crippen molar-refractivity contribution >= 4 is 0 Å². The molecule has 0 saturated carbocycles. The van der Waals surface area contributed by atoms with Gasteiger partial charge >= 0.3 is 0 Å². The minimum atomic E-state index is -0.291. The summed E-state index contributed by atoms with van der Waals surface area (Å²) >= 11 is 0. The Morgan fingerprint density at radius 1 is 1.35 bits per heavy atom. The fourth-order valence-corrected chi connectivity index (χ4v) is 3.73. The van der Waals surface area contributed by atoms with Crippen molar-refractivity contribution < 1.29 is 14.6 Å². The number of likely N-dealkylation sites (tertiary alicyclic amines) is 1. The summed E-state index contributed by atoms with van der Waals surface area (Å²) in [6.07, 6.45) is 3.63. The summed E-state index contributed by atoms with van der Waals surface area (Å²) in [5.41, 5.74) is 1.00. The van der Waals surface area contributed by atoms with Crippen LogP contribution in [0.3, 0.4) is 0 Å². The van der Waals surface area contributed by atoms with Gasteiger partial charge in [0.15, 0.2) is 0 Å². The summed E-state index contributed by atoms with van der Waals surface area (Å²) in [6, 6.07) is 8.37. The number of piperidine rings is 1. The summed E-state index contributed by atoms with van der Waals surface area (Å²) < 4.78 is 11.8. The molecule has 0 aliphatic carbocycles. The fraction of sp³-hybridized carbons (Fsp3) is 0.684. The van der Waals surface area contributed by atoms with Gasteiger partial charge in [0.25, 0.3) is 0 Å². The molecule has 2 fully saturated rings. The van der Waals surface area contributed by atoms with Gasteiger partial charge in [-0.3, -0.25) is 4.90 Å². The van der Waals surface area contributed by atoms with Crippen LogP contribution in [0.4, 0.5) is 0 Å². The Kier molecular flexibility index (Phi) is 5.24. The molecule has 0 amide bonds. The maximum absolute atomic E-state index is 10.3. The second kappa shape index (κ2) is 7.20. The first-order valence-electron chi connectivity index (χ1n) is 8.87. The van der Waals surface area contributed by atoms with Crippen LogP contribution in [0.5, 0.6) is 5.75 Å². The summed E-state index contributed by atoms with van der Waals surface area (Å²) in [4.78, 5) is 2.45. The largest absolute Gasteiger partial charge is 0.491 e. The zero-order chi connectivity index (χ0) is 16.3.